The van der Waals surface area contributed by atoms with E-state index in [1.807, 2.05) is 0 Å². The third-order valence-corrected chi connectivity index (χ3v) is 2.30. The maximum Gasteiger partial charge on any atom is 0.336 e. The molecule has 5 nitrogen and oxygen atoms in total. The fourth-order valence-corrected chi connectivity index (χ4v) is 1.62. The summed E-state index contributed by atoms with van der Waals surface area (Å²) in [5, 5.41) is 9.05. The topological polar surface area (TPSA) is 72.8 Å². The second-order valence-electron chi connectivity index (χ2n) is 3.51. The molecule has 1 aromatic carbocycles. The Labute approximate surface area is 99.0 Å². The molecular formula is C12H14O5. The third-order valence-electron chi connectivity index (χ3n) is 2.30. The Morgan fingerprint density at radius 2 is 1.88 bits per heavy atom. The van der Waals surface area contributed by atoms with Gasteiger partial charge in [-0.2, -0.15) is 0 Å². The molecule has 17 heavy (non-hydrogen) atoms. The van der Waals surface area contributed by atoms with Gasteiger partial charge in [-0.25, -0.2) is 4.79 Å². The molecule has 1 N–H and O–H groups in total. The van der Waals surface area contributed by atoms with Crippen LogP contribution in [0, 0.1) is 0 Å². The summed E-state index contributed by atoms with van der Waals surface area (Å²) in [6.07, 6.45) is 0.00199. The standard InChI is InChI=1S/C12H14O5/c1-7(13)6-9-8(12(14)15)4-5-10(16-2)11(9)17-3/h4-5H,6H2,1-3H3,(H,14,15). The van der Waals surface area contributed by atoms with Gasteiger partial charge < -0.3 is 14.6 Å². The number of aromatic carboxylic acids is 1. The molecule has 0 atom stereocenters. The lowest BCUT2D eigenvalue weighted by atomic mass is 10.0. The maximum absolute atomic E-state index is 11.2. The van der Waals surface area contributed by atoms with Crippen LogP contribution in [0.1, 0.15) is 22.8 Å². The Bertz CT molecular complexity index is 450. The summed E-state index contributed by atoms with van der Waals surface area (Å²) in [4.78, 5) is 22.2. The Balaban J connectivity index is 3.43. The SMILES string of the molecule is COc1ccc(C(=O)O)c(CC(C)=O)c1OC. The lowest BCUT2D eigenvalue weighted by molar-refractivity contribution is -0.116. The van der Waals surface area contributed by atoms with Crippen LogP contribution in [0.2, 0.25) is 0 Å². The molecule has 0 fully saturated rings. The fourth-order valence-electron chi connectivity index (χ4n) is 1.62. The van der Waals surface area contributed by atoms with Gasteiger partial charge >= 0.3 is 5.97 Å². The van der Waals surface area contributed by atoms with Crippen molar-refractivity contribution in [1.82, 2.24) is 0 Å². The smallest absolute Gasteiger partial charge is 0.336 e. The van der Waals surface area contributed by atoms with E-state index in [1.165, 1.54) is 33.3 Å². The average Bonchev–Trinajstić information content (AvgIpc) is 2.27. The van der Waals surface area contributed by atoms with Gasteiger partial charge in [-0.15, -0.1) is 0 Å². The Hall–Kier alpha value is -2.04. The van der Waals surface area contributed by atoms with Gasteiger partial charge in [-0.1, -0.05) is 0 Å². The van der Waals surface area contributed by atoms with E-state index in [1.54, 1.807) is 0 Å². The van der Waals surface area contributed by atoms with Crippen LogP contribution in [0.3, 0.4) is 0 Å². The lowest BCUT2D eigenvalue weighted by Gasteiger charge is -2.14. The van der Waals surface area contributed by atoms with Gasteiger partial charge in [-0.3, -0.25) is 4.79 Å². The number of ether oxygens (including phenoxy) is 2. The number of carbonyl (C=O) groups is 2. The first-order valence-corrected chi connectivity index (χ1v) is 4.97. The minimum atomic E-state index is -1.10. The molecule has 1 aromatic rings. The monoisotopic (exact) mass is 238 g/mol. The highest BCUT2D eigenvalue weighted by molar-refractivity contribution is 5.93. The second kappa shape index (κ2) is 5.34. The summed E-state index contributed by atoms with van der Waals surface area (Å²) in [7, 11) is 2.86. The minimum Gasteiger partial charge on any atom is -0.493 e. The fraction of sp³-hybridized carbons (Fsp3) is 0.333. The Kier molecular flexibility index (Phi) is 4.09. The van der Waals surface area contributed by atoms with E-state index in [0.717, 1.165) is 0 Å². The van der Waals surface area contributed by atoms with Crippen molar-refractivity contribution in [2.24, 2.45) is 0 Å². The van der Waals surface area contributed by atoms with Gasteiger partial charge in [0.1, 0.15) is 5.78 Å². The molecule has 92 valence electrons. The summed E-state index contributed by atoms with van der Waals surface area (Å²) in [6, 6.07) is 2.91. The zero-order chi connectivity index (χ0) is 13.0. The predicted molar refractivity (Wildman–Crippen MR) is 60.9 cm³/mol. The van der Waals surface area contributed by atoms with Crippen LogP contribution in [0.5, 0.6) is 11.5 Å². The number of hydrogen-bond donors (Lipinski definition) is 1. The van der Waals surface area contributed by atoms with Crippen LogP contribution in [0.25, 0.3) is 0 Å². The van der Waals surface area contributed by atoms with Crippen molar-refractivity contribution >= 4 is 11.8 Å². The van der Waals surface area contributed by atoms with Crippen LogP contribution < -0.4 is 9.47 Å². The number of carbonyl (C=O) groups excluding carboxylic acids is 1. The van der Waals surface area contributed by atoms with Crippen molar-refractivity contribution in [3.8, 4) is 11.5 Å². The number of hydrogen-bond acceptors (Lipinski definition) is 4. The van der Waals surface area contributed by atoms with Crippen LogP contribution in [-0.2, 0) is 11.2 Å². The van der Waals surface area contributed by atoms with E-state index < -0.39 is 5.97 Å². The minimum absolute atomic E-state index is 0.00199. The molecule has 0 aliphatic heterocycles. The van der Waals surface area contributed by atoms with E-state index in [0.29, 0.717) is 17.1 Å². The van der Waals surface area contributed by atoms with E-state index >= 15 is 0 Å². The summed E-state index contributed by atoms with van der Waals surface area (Å²) >= 11 is 0. The zero-order valence-corrected chi connectivity index (χ0v) is 9.94. The first kappa shape index (κ1) is 13.0. The van der Waals surface area contributed by atoms with Crippen LogP contribution in [0.15, 0.2) is 12.1 Å². The largest absolute Gasteiger partial charge is 0.493 e. The molecular weight excluding hydrogens is 224 g/mol. The predicted octanol–water partition coefficient (Wildman–Crippen LogP) is 1.53. The van der Waals surface area contributed by atoms with Crippen LogP contribution in [0.4, 0.5) is 0 Å². The number of Topliss-reactive ketones (excluding diaryl/α,β-unsaturated/α-hetero) is 1. The molecule has 0 saturated carbocycles. The Morgan fingerprint density at radius 1 is 1.24 bits per heavy atom. The molecule has 0 aliphatic rings. The number of methoxy groups -OCH3 is 2. The van der Waals surface area contributed by atoms with Crippen LogP contribution >= 0.6 is 0 Å². The van der Waals surface area contributed by atoms with Crippen molar-refractivity contribution in [2.75, 3.05) is 14.2 Å². The first-order chi connectivity index (χ1) is 8.01. The number of carboxylic acid groups (broad SMARTS) is 1. The van der Waals surface area contributed by atoms with Crippen molar-refractivity contribution in [3.63, 3.8) is 0 Å². The summed E-state index contributed by atoms with van der Waals surface area (Å²) in [5.74, 6) is -0.530. The molecule has 0 aromatic heterocycles. The zero-order valence-electron chi connectivity index (χ0n) is 9.94. The van der Waals surface area contributed by atoms with E-state index in [-0.39, 0.29) is 17.8 Å². The average molecular weight is 238 g/mol. The van der Waals surface area contributed by atoms with Crippen molar-refractivity contribution in [1.29, 1.82) is 0 Å². The molecule has 0 saturated heterocycles. The van der Waals surface area contributed by atoms with Gasteiger partial charge in [0.15, 0.2) is 11.5 Å². The highest BCUT2D eigenvalue weighted by Gasteiger charge is 2.19. The highest BCUT2D eigenvalue weighted by atomic mass is 16.5. The Morgan fingerprint density at radius 3 is 2.29 bits per heavy atom. The summed E-state index contributed by atoms with van der Waals surface area (Å²) in [5.41, 5.74) is 0.393. The summed E-state index contributed by atoms with van der Waals surface area (Å²) in [6.45, 7) is 1.39. The van der Waals surface area contributed by atoms with Gasteiger partial charge in [0.25, 0.3) is 0 Å². The third kappa shape index (κ3) is 2.75. The number of ketones is 1. The molecule has 0 radical (unpaired) electrons. The molecule has 0 unspecified atom stereocenters. The van der Waals surface area contributed by atoms with Crippen LogP contribution in [-0.4, -0.2) is 31.1 Å². The second-order valence-corrected chi connectivity index (χ2v) is 3.51. The van der Waals surface area contributed by atoms with Crippen molar-refractivity contribution in [3.05, 3.63) is 23.3 Å². The first-order valence-electron chi connectivity index (χ1n) is 4.97. The number of benzene rings is 1. The number of carboxylic acids is 1. The highest BCUT2D eigenvalue weighted by Crippen LogP contribution is 2.33. The lowest BCUT2D eigenvalue weighted by Crippen LogP contribution is -2.09. The van der Waals surface area contributed by atoms with Crippen molar-refractivity contribution in [2.45, 2.75) is 13.3 Å². The molecule has 0 heterocycles. The van der Waals surface area contributed by atoms with Gasteiger partial charge in [0.05, 0.1) is 19.8 Å². The molecule has 0 aliphatic carbocycles. The molecule has 0 bridgehead atoms. The molecule has 5 heteroatoms. The quantitative estimate of drug-likeness (QED) is 0.842. The van der Waals surface area contributed by atoms with Gasteiger partial charge in [0.2, 0.25) is 0 Å². The van der Waals surface area contributed by atoms with E-state index in [4.69, 9.17) is 14.6 Å². The molecule has 0 amide bonds. The van der Waals surface area contributed by atoms with Gasteiger partial charge in [0, 0.05) is 12.0 Å². The maximum atomic E-state index is 11.2. The van der Waals surface area contributed by atoms with E-state index in [2.05, 4.69) is 0 Å². The normalized spacial score (nSPS) is 9.82. The van der Waals surface area contributed by atoms with Crippen molar-refractivity contribution < 1.29 is 24.2 Å². The van der Waals surface area contributed by atoms with Gasteiger partial charge in [-0.05, 0) is 19.1 Å². The molecule has 0 spiro atoms. The molecule has 1 rings (SSSR count). The van der Waals surface area contributed by atoms with E-state index in [9.17, 15) is 9.59 Å². The summed E-state index contributed by atoms with van der Waals surface area (Å²) < 4.78 is 10.2. The number of rotatable bonds is 5.